The third kappa shape index (κ3) is 98.8. The molecule has 0 aromatic carbocycles. The Bertz CT molecular complexity index is 97.6. The molecule has 0 aliphatic carbocycles. The van der Waals surface area contributed by atoms with Crippen LogP contribution in [0, 0.1) is 0 Å². The van der Waals surface area contributed by atoms with E-state index in [0.29, 0.717) is 0 Å². The van der Waals surface area contributed by atoms with Crippen LogP contribution in [0.25, 0.3) is 0 Å². The van der Waals surface area contributed by atoms with Gasteiger partial charge in [0, 0.05) is 6.92 Å². The number of carboxylic acids is 1. The van der Waals surface area contributed by atoms with E-state index in [0.717, 1.165) is 6.92 Å². The standard InChI is InChI=1S/C2H4O2.CH2O3.CH2O2/c1-2(3)4;2-1(3)4;2-1-3/h1H3,(H,3,4);(H2,2,3,4);1H,(H,2,3). The number of carboxylic acid groups (broad SMARTS) is 4. The highest BCUT2D eigenvalue weighted by atomic mass is 16.6. The minimum Gasteiger partial charge on any atom is -0.483 e. The van der Waals surface area contributed by atoms with Crippen molar-refractivity contribution < 1.29 is 34.8 Å². The summed E-state index contributed by atoms with van der Waals surface area (Å²) in [6.07, 6.45) is -1.83. The molecule has 0 amide bonds. The van der Waals surface area contributed by atoms with Gasteiger partial charge in [-0.25, -0.2) is 4.79 Å². The Balaban J connectivity index is -0.0000000886. The minimum atomic E-state index is -1.83. The predicted octanol–water partition coefficient (Wildman–Crippen LogP) is 0.0141. The maximum absolute atomic E-state index is 9.00. The summed E-state index contributed by atoms with van der Waals surface area (Å²) in [5.41, 5.74) is 0. The summed E-state index contributed by atoms with van der Waals surface area (Å²) in [5, 5.41) is 28.2. The Hall–Kier alpha value is -1.79. The number of hydrogen-bond acceptors (Lipinski definition) is 3. The first-order valence-corrected chi connectivity index (χ1v) is 2.07. The van der Waals surface area contributed by atoms with E-state index < -0.39 is 12.1 Å². The third-order valence-corrected chi connectivity index (χ3v) is 0. The molecule has 0 saturated carbocycles. The highest BCUT2D eigenvalue weighted by Crippen LogP contribution is 1.43. The minimum absolute atomic E-state index is 0.250. The maximum Gasteiger partial charge on any atom is 0.503 e. The zero-order valence-electron chi connectivity index (χ0n) is 5.59. The summed E-state index contributed by atoms with van der Waals surface area (Å²) in [4.78, 5) is 25.9. The Morgan fingerprint density at radius 1 is 1.18 bits per heavy atom. The molecule has 7 nitrogen and oxygen atoms in total. The molecular formula is C4H8O7. The van der Waals surface area contributed by atoms with E-state index in [1.54, 1.807) is 0 Å². The van der Waals surface area contributed by atoms with Gasteiger partial charge in [0.15, 0.2) is 0 Å². The van der Waals surface area contributed by atoms with Crippen molar-refractivity contribution >= 4 is 18.6 Å². The molecule has 0 aromatic heterocycles. The van der Waals surface area contributed by atoms with E-state index in [1.165, 1.54) is 0 Å². The molecule has 0 aromatic rings. The number of hydrogen-bond donors (Lipinski definition) is 4. The van der Waals surface area contributed by atoms with Crippen molar-refractivity contribution in [2.75, 3.05) is 0 Å². The van der Waals surface area contributed by atoms with Gasteiger partial charge in [0.1, 0.15) is 0 Å². The smallest absolute Gasteiger partial charge is 0.483 e. The van der Waals surface area contributed by atoms with Gasteiger partial charge < -0.3 is 20.4 Å². The summed E-state index contributed by atoms with van der Waals surface area (Å²) in [7, 11) is 0. The quantitative estimate of drug-likeness (QED) is 0.374. The monoisotopic (exact) mass is 168 g/mol. The van der Waals surface area contributed by atoms with Crippen LogP contribution in [0.2, 0.25) is 0 Å². The zero-order valence-corrected chi connectivity index (χ0v) is 5.59. The summed E-state index contributed by atoms with van der Waals surface area (Å²) < 4.78 is 0. The molecule has 0 unspecified atom stereocenters. The van der Waals surface area contributed by atoms with Gasteiger partial charge in [-0.2, -0.15) is 0 Å². The molecule has 0 saturated heterocycles. The molecule has 0 heterocycles. The van der Waals surface area contributed by atoms with Gasteiger partial charge in [-0.3, -0.25) is 9.59 Å². The van der Waals surface area contributed by atoms with E-state index in [4.69, 9.17) is 34.8 Å². The second-order valence-corrected chi connectivity index (χ2v) is 0.907. The van der Waals surface area contributed by atoms with E-state index in [-0.39, 0.29) is 6.47 Å². The molecular weight excluding hydrogens is 160 g/mol. The van der Waals surface area contributed by atoms with Crippen LogP contribution < -0.4 is 0 Å². The van der Waals surface area contributed by atoms with Gasteiger partial charge >= 0.3 is 6.16 Å². The molecule has 0 radical (unpaired) electrons. The maximum atomic E-state index is 9.00. The van der Waals surface area contributed by atoms with Gasteiger partial charge in [0.05, 0.1) is 0 Å². The molecule has 0 spiro atoms. The van der Waals surface area contributed by atoms with E-state index in [1.807, 2.05) is 0 Å². The van der Waals surface area contributed by atoms with Crippen molar-refractivity contribution in [1.82, 2.24) is 0 Å². The molecule has 0 aliphatic heterocycles. The van der Waals surface area contributed by atoms with Crippen molar-refractivity contribution in [3.05, 3.63) is 0 Å². The van der Waals surface area contributed by atoms with Crippen LogP contribution in [0.1, 0.15) is 6.92 Å². The molecule has 0 rings (SSSR count). The topological polar surface area (TPSA) is 132 Å². The molecule has 4 N–H and O–H groups in total. The lowest BCUT2D eigenvalue weighted by Crippen LogP contribution is -1.81. The summed E-state index contributed by atoms with van der Waals surface area (Å²) in [6.45, 7) is 0.833. The Kier molecular flexibility index (Phi) is 23.0. The molecule has 11 heavy (non-hydrogen) atoms. The lowest BCUT2D eigenvalue weighted by Gasteiger charge is -1.60. The van der Waals surface area contributed by atoms with E-state index >= 15 is 0 Å². The van der Waals surface area contributed by atoms with E-state index in [2.05, 4.69) is 0 Å². The molecule has 0 aliphatic rings. The highest BCUT2D eigenvalue weighted by molar-refractivity contribution is 5.62. The fourth-order valence-corrected chi connectivity index (χ4v) is 0. The normalized spacial score (nSPS) is 5.55. The lowest BCUT2D eigenvalue weighted by molar-refractivity contribution is -0.134. The van der Waals surface area contributed by atoms with Crippen LogP contribution in [-0.4, -0.2) is 39.0 Å². The van der Waals surface area contributed by atoms with Gasteiger partial charge in [0.2, 0.25) is 0 Å². The number of carbonyl (C=O) groups is 3. The lowest BCUT2D eigenvalue weighted by atomic mass is 10.9. The Labute approximate surface area is 61.5 Å². The van der Waals surface area contributed by atoms with E-state index in [9.17, 15) is 0 Å². The van der Waals surface area contributed by atoms with Crippen molar-refractivity contribution in [2.45, 2.75) is 6.92 Å². The number of rotatable bonds is 0. The van der Waals surface area contributed by atoms with Crippen LogP contribution in [-0.2, 0) is 9.59 Å². The summed E-state index contributed by atoms with van der Waals surface area (Å²) in [5.74, 6) is -0.833. The van der Waals surface area contributed by atoms with Crippen molar-refractivity contribution in [2.24, 2.45) is 0 Å². The van der Waals surface area contributed by atoms with Gasteiger partial charge in [-0.1, -0.05) is 0 Å². The molecule has 0 fully saturated rings. The highest BCUT2D eigenvalue weighted by Gasteiger charge is 1.70. The molecule has 66 valence electrons. The fraction of sp³-hybridized carbons (Fsp3) is 0.250. The Morgan fingerprint density at radius 3 is 1.18 bits per heavy atom. The second-order valence-electron chi connectivity index (χ2n) is 0.907. The van der Waals surface area contributed by atoms with Crippen LogP contribution >= 0.6 is 0 Å². The first-order chi connectivity index (χ1) is 4.88. The van der Waals surface area contributed by atoms with Crippen molar-refractivity contribution in [3.63, 3.8) is 0 Å². The van der Waals surface area contributed by atoms with Crippen molar-refractivity contribution in [1.29, 1.82) is 0 Å². The van der Waals surface area contributed by atoms with Crippen LogP contribution in [0.5, 0.6) is 0 Å². The molecule has 0 bridgehead atoms. The SMILES string of the molecule is CC(=O)O.O=C(O)O.O=CO. The first kappa shape index (κ1) is 16.1. The second kappa shape index (κ2) is 15.7. The molecule has 0 atom stereocenters. The van der Waals surface area contributed by atoms with Gasteiger partial charge in [0.25, 0.3) is 12.4 Å². The third-order valence-electron chi connectivity index (χ3n) is 0. The zero-order chi connectivity index (χ0) is 9.86. The fourth-order valence-electron chi connectivity index (χ4n) is 0. The summed E-state index contributed by atoms with van der Waals surface area (Å²) in [6, 6.07) is 0. The molecule has 7 heteroatoms. The van der Waals surface area contributed by atoms with Crippen LogP contribution in [0.3, 0.4) is 0 Å². The predicted molar refractivity (Wildman–Crippen MR) is 32.7 cm³/mol. The average Bonchev–Trinajstić information content (AvgIpc) is 1.60. The average molecular weight is 168 g/mol. The first-order valence-electron chi connectivity index (χ1n) is 2.07. The Morgan fingerprint density at radius 2 is 1.18 bits per heavy atom. The van der Waals surface area contributed by atoms with Gasteiger partial charge in [-0.15, -0.1) is 0 Å². The van der Waals surface area contributed by atoms with Gasteiger partial charge in [-0.05, 0) is 0 Å². The van der Waals surface area contributed by atoms with Crippen LogP contribution in [0.15, 0.2) is 0 Å². The summed E-state index contributed by atoms with van der Waals surface area (Å²) >= 11 is 0. The number of aliphatic carboxylic acids is 1. The van der Waals surface area contributed by atoms with Crippen LogP contribution in [0.4, 0.5) is 4.79 Å². The largest absolute Gasteiger partial charge is 0.503 e. The van der Waals surface area contributed by atoms with Crippen molar-refractivity contribution in [3.8, 4) is 0 Å².